The first-order valence-corrected chi connectivity index (χ1v) is 9.36. The lowest BCUT2D eigenvalue weighted by molar-refractivity contribution is 0.0746. The predicted octanol–water partition coefficient (Wildman–Crippen LogP) is 2.23. The molecule has 2 aromatic carbocycles. The van der Waals surface area contributed by atoms with E-state index in [9.17, 15) is 4.79 Å². The van der Waals surface area contributed by atoms with Crippen molar-refractivity contribution in [1.82, 2.24) is 25.5 Å². The van der Waals surface area contributed by atoms with Crippen LogP contribution in [0.2, 0.25) is 0 Å². The predicted molar refractivity (Wildman–Crippen MR) is 105 cm³/mol. The molecule has 2 heterocycles. The summed E-state index contributed by atoms with van der Waals surface area (Å²) in [4.78, 5) is 17.0. The molecule has 28 heavy (non-hydrogen) atoms. The molecule has 1 aliphatic heterocycles. The fraction of sp³-hybridized carbons (Fsp3) is 0.300. The van der Waals surface area contributed by atoms with E-state index in [1.807, 2.05) is 54.3 Å². The molecule has 4 rings (SSSR count). The van der Waals surface area contributed by atoms with Crippen molar-refractivity contribution in [2.75, 3.05) is 37.7 Å². The number of carbonyl (C=O) groups is 1. The minimum Gasteiger partial charge on any atom is -0.492 e. The second kappa shape index (κ2) is 8.08. The number of piperazine rings is 1. The number of aromatic amines is 1. The number of aromatic nitrogens is 4. The van der Waals surface area contributed by atoms with Crippen molar-refractivity contribution in [3.63, 3.8) is 0 Å². The van der Waals surface area contributed by atoms with Gasteiger partial charge in [0, 0.05) is 37.3 Å². The second-order valence-electron chi connectivity index (χ2n) is 6.49. The highest BCUT2D eigenvalue weighted by atomic mass is 16.5. The molecular formula is C20H22N6O2. The quantitative estimate of drug-likeness (QED) is 0.733. The van der Waals surface area contributed by atoms with E-state index in [2.05, 4.69) is 31.6 Å². The largest absolute Gasteiger partial charge is 0.492 e. The monoisotopic (exact) mass is 378 g/mol. The first-order chi connectivity index (χ1) is 13.8. The Morgan fingerprint density at radius 3 is 2.50 bits per heavy atom. The average Bonchev–Trinajstić information content (AvgIpc) is 3.29. The van der Waals surface area contributed by atoms with E-state index in [0.29, 0.717) is 31.1 Å². The number of nitrogens with zero attached hydrogens (tertiary/aromatic N) is 5. The molecular weight excluding hydrogens is 356 g/mol. The maximum atomic E-state index is 12.8. The maximum Gasteiger partial charge on any atom is 0.253 e. The van der Waals surface area contributed by atoms with Crippen molar-refractivity contribution in [3.05, 3.63) is 54.1 Å². The third-order valence-electron chi connectivity index (χ3n) is 4.81. The molecule has 0 aliphatic carbocycles. The number of carbonyl (C=O) groups excluding carboxylic acids is 1. The number of hydrogen-bond donors (Lipinski definition) is 1. The van der Waals surface area contributed by atoms with Crippen molar-refractivity contribution >= 4 is 11.6 Å². The zero-order chi connectivity index (χ0) is 19.3. The van der Waals surface area contributed by atoms with Gasteiger partial charge in [-0.3, -0.25) is 4.79 Å². The standard InChI is InChI=1S/C20H22N6O2/c1-2-28-18-6-4-3-5-17(18)25-11-13-26(14-12-25)20(27)16-9-7-15(8-10-16)19-21-23-24-22-19/h3-10H,2,11-14H2,1H3,(H,21,22,23,24). The summed E-state index contributed by atoms with van der Waals surface area (Å²) in [6.07, 6.45) is 0. The Balaban J connectivity index is 1.40. The molecule has 0 unspecified atom stereocenters. The number of benzene rings is 2. The minimum atomic E-state index is 0.0393. The smallest absolute Gasteiger partial charge is 0.253 e. The third-order valence-corrected chi connectivity index (χ3v) is 4.81. The van der Waals surface area contributed by atoms with E-state index in [0.717, 1.165) is 30.1 Å². The van der Waals surface area contributed by atoms with Crippen LogP contribution in [0, 0.1) is 0 Å². The van der Waals surface area contributed by atoms with Crippen LogP contribution in [-0.4, -0.2) is 64.2 Å². The summed E-state index contributed by atoms with van der Waals surface area (Å²) in [5.74, 6) is 1.44. The number of rotatable bonds is 5. The molecule has 0 bridgehead atoms. The minimum absolute atomic E-state index is 0.0393. The first kappa shape index (κ1) is 18.0. The molecule has 0 spiro atoms. The van der Waals surface area contributed by atoms with Crippen molar-refractivity contribution in [2.45, 2.75) is 6.92 Å². The van der Waals surface area contributed by atoms with Gasteiger partial charge in [0.2, 0.25) is 5.82 Å². The topological polar surface area (TPSA) is 87.2 Å². The van der Waals surface area contributed by atoms with E-state index in [1.165, 1.54) is 0 Å². The van der Waals surface area contributed by atoms with Gasteiger partial charge in [0.15, 0.2) is 0 Å². The highest BCUT2D eigenvalue weighted by molar-refractivity contribution is 5.94. The number of amides is 1. The van der Waals surface area contributed by atoms with Crippen LogP contribution in [0.15, 0.2) is 48.5 Å². The lowest BCUT2D eigenvalue weighted by Crippen LogP contribution is -2.48. The molecule has 1 N–H and O–H groups in total. The van der Waals surface area contributed by atoms with Gasteiger partial charge in [-0.15, -0.1) is 10.2 Å². The van der Waals surface area contributed by atoms with Crippen LogP contribution in [0.3, 0.4) is 0 Å². The van der Waals surface area contributed by atoms with E-state index in [1.54, 1.807) is 0 Å². The summed E-state index contributed by atoms with van der Waals surface area (Å²) in [5, 5.41) is 13.9. The lowest BCUT2D eigenvalue weighted by atomic mass is 10.1. The number of ether oxygens (including phenoxy) is 1. The third kappa shape index (κ3) is 3.66. The van der Waals surface area contributed by atoms with Gasteiger partial charge in [-0.25, -0.2) is 0 Å². The number of para-hydroxylation sites is 2. The first-order valence-electron chi connectivity index (χ1n) is 9.36. The van der Waals surface area contributed by atoms with Crippen LogP contribution in [0.1, 0.15) is 17.3 Å². The summed E-state index contributed by atoms with van der Waals surface area (Å²) in [7, 11) is 0. The Morgan fingerprint density at radius 2 is 1.82 bits per heavy atom. The Bertz CT molecular complexity index is 918. The molecule has 0 radical (unpaired) electrons. The summed E-state index contributed by atoms with van der Waals surface area (Å²) < 4.78 is 5.74. The van der Waals surface area contributed by atoms with E-state index < -0.39 is 0 Å². The van der Waals surface area contributed by atoms with Crippen LogP contribution in [0.5, 0.6) is 5.75 Å². The Hall–Kier alpha value is -3.42. The molecule has 1 fully saturated rings. The zero-order valence-electron chi connectivity index (χ0n) is 15.7. The lowest BCUT2D eigenvalue weighted by Gasteiger charge is -2.36. The van der Waals surface area contributed by atoms with Crippen LogP contribution >= 0.6 is 0 Å². The summed E-state index contributed by atoms with van der Waals surface area (Å²) >= 11 is 0. The molecule has 144 valence electrons. The summed E-state index contributed by atoms with van der Waals surface area (Å²) in [6, 6.07) is 15.4. The number of hydrogen-bond acceptors (Lipinski definition) is 6. The van der Waals surface area contributed by atoms with Crippen LogP contribution < -0.4 is 9.64 Å². The summed E-state index contributed by atoms with van der Waals surface area (Å²) in [5.41, 5.74) is 2.57. The molecule has 1 amide bonds. The Morgan fingerprint density at radius 1 is 1.07 bits per heavy atom. The van der Waals surface area contributed by atoms with Gasteiger partial charge in [-0.1, -0.05) is 24.3 Å². The number of anilines is 1. The highest BCUT2D eigenvalue weighted by Gasteiger charge is 2.23. The van der Waals surface area contributed by atoms with Crippen LogP contribution in [0.4, 0.5) is 5.69 Å². The van der Waals surface area contributed by atoms with Gasteiger partial charge >= 0.3 is 0 Å². The van der Waals surface area contributed by atoms with Crippen molar-refractivity contribution < 1.29 is 9.53 Å². The second-order valence-corrected chi connectivity index (χ2v) is 6.49. The molecule has 0 saturated carbocycles. The van der Waals surface area contributed by atoms with Crippen molar-refractivity contribution in [2.24, 2.45) is 0 Å². The number of tetrazole rings is 1. The van der Waals surface area contributed by atoms with Gasteiger partial charge < -0.3 is 14.5 Å². The Kier molecular flexibility index (Phi) is 5.18. The number of nitrogens with one attached hydrogen (secondary N) is 1. The van der Waals surface area contributed by atoms with Crippen LogP contribution in [0.25, 0.3) is 11.4 Å². The van der Waals surface area contributed by atoms with Crippen LogP contribution in [-0.2, 0) is 0 Å². The molecule has 0 atom stereocenters. The molecule has 3 aromatic rings. The summed E-state index contributed by atoms with van der Waals surface area (Å²) in [6.45, 7) is 5.51. The highest BCUT2D eigenvalue weighted by Crippen LogP contribution is 2.29. The van der Waals surface area contributed by atoms with Crippen molar-refractivity contribution in [3.8, 4) is 17.1 Å². The molecule has 1 saturated heterocycles. The van der Waals surface area contributed by atoms with E-state index >= 15 is 0 Å². The molecule has 1 aliphatic rings. The fourth-order valence-corrected chi connectivity index (χ4v) is 3.37. The zero-order valence-corrected chi connectivity index (χ0v) is 15.7. The molecule has 8 heteroatoms. The van der Waals surface area contributed by atoms with Gasteiger partial charge in [0.1, 0.15) is 5.75 Å². The number of H-pyrrole nitrogens is 1. The van der Waals surface area contributed by atoms with E-state index in [-0.39, 0.29) is 5.91 Å². The normalized spacial score (nSPS) is 14.2. The Labute approximate surface area is 163 Å². The van der Waals surface area contributed by atoms with Gasteiger partial charge in [-0.2, -0.15) is 5.21 Å². The maximum absolute atomic E-state index is 12.8. The fourth-order valence-electron chi connectivity index (χ4n) is 3.37. The van der Waals surface area contributed by atoms with Gasteiger partial charge in [-0.05, 0) is 36.4 Å². The molecule has 8 nitrogen and oxygen atoms in total. The average molecular weight is 378 g/mol. The molecule has 1 aromatic heterocycles. The van der Waals surface area contributed by atoms with E-state index in [4.69, 9.17) is 4.74 Å². The van der Waals surface area contributed by atoms with Gasteiger partial charge in [0.05, 0.1) is 12.3 Å². The van der Waals surface area contributed by atoms with Crippen molar-refractivity contribution in [1.29, 1.82) is 0 Å². The SMILES string of the molecule is CCOc1ccccc1N1CCN(C(=O)c2ccc(-c3nn[nH]n3)cc2)CC1. The van der Waals surface area contributed by atoms with Gasteiger partial charge in [0.25, 0.3) is 5.91 Å².